The number of nitrogens with zero attached hydrogens (tertiary/aromatic N) is 1. The van der Waals surface area contributed by atoms with Gasteiger partial charge in [-0.3, -0.25) is 4.79 Å². The van der Waals surface area contributed by atoms with Gasteiger partial charge in [0.25, 0.3) is 0 Å². The predicted octanol–water partition coefficient (Wildman–Crippen LogP) is 3.08. The van der Waals surface area contributed by atoms with Gasteiger partial charge in [-0.25, -0.2) is 4.98 Å². The van der Waals surface area contributed by atoms with Gasteiger partial charge >= 0.3 is 0 Å². The molecular formula is C17H16N2O3. The first-order valence-corrected chi connectivity index (χ1v) is 6.94. The summed E-state index contributed by atoms with van der Waals surface area (Å²) in [6.07, 6.45) is 3.19. The lowest BCUT2D eigenvalue weighted by Gasteiger charge is -2.04. The van der Waals surface area contributed by atoms with E-state index in [1.807, 2.05) is 44.2 Å². The quantitative estimate of drug-likeness (QED) is 0.884. The number of hydrogen-bond acceptors (Lipinski definition) is 4. The third kappa shape index (κ3) is 3.25. The Kier molecular flexibility index (Phi) is 3.78. The summed E-state index contributed by atoms with van der Waals surface area (Å²) in [4.78, 5) is 16.2. The Morgan fingerprint density at radius 2 is 2.00 bits per heavy atom. The van der Waals surface area contributed by atoms with Gasteiger partial charge in [-0.2, -0.15) is 0 Å². The molecule has 1 amide bonds. The summed E-state index contributed by atoms with van der Waals surface area (Å²) in [7, 11) is 0. The number of rotatable bonds is 3. The minimum absolute atomic E-state index is 0.227. The second-order valence-corrected chi connectivity index (χ2v) is 5.11. The Balaban J connectivity index is 1.68. The van der Waals surface area contributed by atoms with Crippen molar-refractivity contribution < 1.29 is 14.3 Å². The van der Waals surface area contributed by atoms with Crippen LogP contribution in [0.1, 0.15) is 16.8 Å². The Morgan fingerprint density at radius 1 is 1.18 bits per heavy atom. The van der Waals surface area contributed by atoms with Crippen molar-refractivity contribution in [2.24, 2.45) is 0 Å². The Morgan fingerprint density at radius 3 is 2.82 bits per heavy atom. The number of nitrogens with one attached hydrogen (secondary N) is 1. The van der Waals surface area contributed by atoms with E-state index in [4.69, 9.17) is 9.47 Å². The lowest BCUT2D eigenvalue weighted by molar-refractivity contribution is -0.111. The van der Waals surface area contributed by atoms with Gasteiger partial charge in [-0.05, 0) is 55.3 Å². The van der Waals surface area contributed by atoms with E-state index in [1.165, 1.54) is 6.08 Å². The van der Waals surface area contributed by atoms with E-state index >= 15 is 0 Å². The fourth-order valence-electron chi connectivity index (χ4n) is 2.26. The molecule has 1 aliphatic rings. The average Bonchev–Trinajstić information content (AvgIpc) is 2.91. The number of carbonyl (C=O) groups is 1. The van der Waals surface area contributed by atoms with Crippen molar-refractivity contribution in [3.8, 4) is 11.5 Å². The summed E-state index contributed by atoms with van der Waals surface area (Å²) in [6.45, 7) is 4.10. The molecule has 0 radical (unpaired) electrons. The van der Waals surface area contributed by atoms with Crippen LogP contribution in [0.15, 0.2) is 36.4 Å². The van der Waals surface area contributed by atoms with Crippen LogP contribution < -0.4 is 14.8 Å². The van der Waals surface area contributed by atoms with Gasteiger partial charge in [0.15, 0.2) is 11.5 Å². The standard InChI is InChI=1S/C17H16N2O3/c1-11-7-12(2)18-16(8-11)19-17(20)6-4-13-3-5-14-15(9-13)22-10-21-14/h3-9H,10H2,1-2H3,(H,18,19,20)/b6-4+. The van der Waals surface area contributed by atoms with E-state index in [0.29, 0.717) is 11.6 Å². The Bertz CT molecular complexity index is 733. The van der Waals surface area contributed by atoms with Crippen LogP contribution in [-0.2, 0) is 4.79 Å². The zero-order valence-corrected chi connectivity index (χ0v) is 12.4. The van der Waals surface area contributed by atoms with Crippen molar-refractivity contribution in [1.29, 1.82) is 0 Å². The molecule has 0 saturated carbocycles. The zero-order valence-electron chi connectivity index (χ0n) is 12.4. The smallest absolute Gasteiger partial charge is 0.249 e. The minimum atomic E-state index is -0.227. The summed E-state index contributed by atoms with van der Waals surface area (Å²) in [6, 6.07) is 9.32. The van der Waals surface area contributed by atoms with E-state index in [1.54, 1.807) is 6.08 Å². The second-order valence-electron chi connectivity index (χ2n) is 5.11. The Labute approximate surface area is 128 Å². The first kappa shape index (κ1) is 14.1. The molecule has 2 aromatic rings. The van der Waals surface area contributed by atoms with E-state index in [9.17, 15) is 4.79 Å². The number of anilines is 1. The molecule has 2 heterocycles. The van der Waals surface area contributed by atoms with Gasteiger partial charge in [-0.15, -0.1) is 0 Å². The molecule has 3 rings (SSSR count). The third-order valence-corrected chi connectivity index (χ3v) is 3.17. The molecule has 0 atom stereocenters. The van der Waals surface area contributed by atoms with Crippen molar-refractivity contribution in [3.63, 3.8) is 0 Å². The maximum atomic E-state index is 11.9. The van der Waals surface area contributed by atoms with Crippen LogP contribution in [0.5, 0.6) is 11.5 Å². The molecule has 0 aliphatic carbocycles. The second kappa shape index (κ2) is 5.89. The predicted molar refractivity (Wildman–Crippen MR) is 83.9 cm³/mol. The molecule has 1 aromatic heterocycles. The number of amides is 1. The van der Waals surface area contributed by atoms with Crippen molar-refractivity contribution in [2.75, 3.05) is 12.1 Å². The Hall–Kier alpha value is -2.82. The lowest BCUT2D eigenvalue weighted by atomic mass is 10.2. The zero-order chi connectivity index (χ0) is 15.5. The molecule has 1 aliphatic heterocycles. The van der Waals surface area contributed by atoms with Gasteiger partial charge in [0.2, 0.25) is 12.7 Å². The number of ether oxygens (including phenoxy) is 2. The number of aromatic nitrogens is 1. The number of carbonyl (C=O) groups excluding carboxylic acids is 1. The highest BCUT2D eigenvalue weighted by Gasteiger charge is 2.12. The molecule has 1 aromatic carbocycles. The maximum Gasteiger partial charge on any atom is 0.249 e. The molecule has 22 heavy (non-hydrogen) atoms. The van der Waals surface area contributed by atoms with Crippen LogP contribution in [0, 0.1) is 13.8 Å². The number of fused-ring (bicyclic) bond motifs is 1. The summed E-state index contributed by atoms with van der Waals surface area (Å²) >= 11 is 0. The van der Waals surface area contributed by atoms with Gasteiger partial charge in [-0.1, -0.05) is 6.07 Å². The number of aryl methyl sites for hydroxylation is 2. The molecule has 5 nitrogen and oxygen atoms in total. The molecule has 5 heteroatoms. The SMILES string of the molecule is Cc1cc(C)nc(NC(=O)/C=C/c2ccc3c(c2)OCO3)c1. The largest absolute Gasteiger partial charge is 0.454 e. The summed E-state index contributed by atoms with van der Waals surface area (Å²) in [5.74, 6) is 1.74. The topological polar surface area (TPSA) is 60.5 Å². The molecular weight excluding hydrogens is 280 g/mol. The molecule has 112 valence electrons. The minimum Gasteiger partial charge on any atom is -0.454 e. The molecule has 0 spiro atoms. The molecule has 0 fully saturated rings. The van der Waals surface area contributed by atoms with Crippen molar-refractivity contribution in [2.45, 2.75) is 13.8 Å². The summed E-state index contributed by atoms with van der Waals surface area (Å²) in [5, 5.41) is 2.75. The van der Waals surface area contributed by atoms with Crippen LogP contribution in [0.4, 0.5) is 5.82 Å². The maximum absolute atomic E-state index is 11.9. The fourth-order valence-corrected chi connectivity index (χ4v) is 2.26. The average molecular weight is 296 g/mol. The van der Waals surface area contributed by atoms with Gasteiger partial charge in [0.1, 0.15) is 5.82 Å². The molecule has 0 bridgehead atoms. The van der Waals surface area contributed by atoms with Crippen molar-refractivity contribution in [3.05, 3.63) is 53.2 Å². The van der Waals surface area contributed by atoms with Crippen LogP contribution >= 0.6 is 0 Å². The van der Waals surface area contributed by atoms with Crippen LogP contribution in [0.25, 0.3) is 6.08 Å². The van der Waals surface area contributed by atoms with Crippen molar-refractivity contribution >= 4 is 17.8 Å². The number of hydrogen-bond donors (Lipinski definition) is 1. The highest BCUT2D eigenvalue weighted by Crippen LogP contribution is 2.32. The van der Waals surface area contributed by atoms with Crippen LogP contribution in [0.3, 0.4) is 0 Å². The van der Waals surface area contributed by atoms with Crippen LogP contribution in [-0.4, -0.2) is 17.7 Å². The molecule has 0 unspecified atom stereocenters. The lowest BCUT2D eigenvalue weighted by Crippen LogP contribution is -2.09. The normalized spacial score (nSPS) is 12.6. The summed E-state index contributed by atoms with van der Waals surface area (Å²) in [5.41, 5.74) is 2.80. The van der Waals surface area contributed by atoms with Gasteiger partial charge in [0, 0.05) is 11.8 Å². The number of pyridine rings is 1. The highest BCUT2D eigenvalue weighted by atomic mass is 16.7. The first-order chi connectivity index (χ1) is 10.6. The fraction of sp³-hybridized carbons (Fsp3) is 0.176. The molecule has 1 N–H and O–H groups in total. The van der Waals surface area contributed by atoms with E-state index < -0.39 is 0 Å². The van der Waals surface area contributed by atoms with Gasteiger partial charge in [0.05, 0.1) is 0 Å². The monoisotopic (exact) mass is 296 g/mol. The highest BCUT2D eigenvalue weighted by molar-refractivity contribution is 6.01. The van der Waals surface area contributed by atoms with Gasteiger partial charge < -0.3 is 14.8 Å². The summed E-state index contributed by atoms with van der Waals surface area (Å²) < 4.78 is 10.5. The third-order valence-electron chi connectivity index (χ3n) is 3.17. The number of benzene rings is 1. The van der Waals surface area contributed by atoms with E-state index in [0.717, 1.165) is 22.6 Å². The van der Waals surface area contributed by atoms with E-state index in [2.05, 4.69) is 10.3 Å². The van der Waals surface area contributed by atoms with Crippen molar-refractivity contribution in [1.82, 2.24) is 4.98 Å². The van der Waals surface area contributed by atoms with Crippen LogP contribution in [0.2, 0.25) is 0 Å². The molecule has 0 saturated heterocycles. The van der Waals surface area contributed by atoms with E-state index in [-0.39, 0.29) is 12.7 Å². The first-order valence-electron chi connectivity index (χ1n) is 6.94.